The highest BCUT2D eigenvalue weighted by Gasteiger charge is 2.35. The number of rotatable bonds is 4. The highest BCUT2D eigenvalue weighted by molar-refractivity contribution is 6.33. The molecule has 3 aromatic rings. The molecule has 2 atom stereocenters. The Morgan fingerprint density at radius 1 is 1.14 bits per heavy atom. The van der Waals surface area contributed by atoms with E-state index in [0.717, 1.165) is 11.3 Å². The number of aromatic nitrogens is 2. The summed E-state index contributed by atoms with van der Waals surface area (Å²) in [6.45, 7) is 2.27. The van der Waals surface area contributed by atoms with Gasteiger partial charge in [0.2, 0.25) is 11.8 Å². The van der Waals surface area contributed by atoms with Crippen molar-refractivity contribution in [1.82, 2.24) is 10.2 Å². The monoisotopic (exact) mass is 405 g/mol. The van der Waals surface area contributed by atoms with Gasteiger partial charge in [0.15, 0.2) is 0 Å². The molecule has 0 fully saturated rings. The largest absolute Gasteiger partial charge is 0.418 e. The third-order valence-electron chi connectivity index (χ3n) is 5.00. The minimum Gasteiger partial charge on any atom is -0.418 e. The molecule has 1 aliphatic rings. The van der Waals surface area contributed by atoms with E-state index in [1.807, 2.05) is 11.0 Å². The van der Waals surface area contributed by atoms with Crippen LogP contribution in [0.3, 0.4) is 0 Å². The molecule has 0 saturated carbocycles. The summed E-state index contributed by atoms with van der Waals surface area (Å²) in [6, 6.07) is 13.9. The Kier molecular flexibility index (Phi) is 4.94. The summed E-state index contributed by atoms with van der Waals surface area (Å²) in [5, 5.41) is 37.3. The second-order valence-electron chi connectivity index (χ2n) is 6.80. The first kappa shape index (κ1) is 18.9. The van der Waals surface area contributed by atoms with Crippen molar-refractivity contribution in [2.45, 2.75) is 25.5 Å². The number of benzene rings is 2. The molecule has 0 aliphatic carbocycles. The molecule has 29 heavy (non-hydrogen) atoms. The van der Waals surface area contributed by atoms with Gasteiger partial charge in [0.05, 0.1) is 28.3 Å². The van der Waals surface area contributed by atoms with Crippen LogP contribution in [0.4, 0.5) is 5.69 Å². The standard InChI is InChI=1S/C21H16ClN5O2/c1-12(28)19(27-9-8-16-17(27)7-6-15(11-24)18(16)22)21-26-25-20(29-21)14-4-2-13(10-23)3-5-14/h2-7,12,19,28H,8-9H2,1H3. The highest BCUT2D eigenvalue weighted by atomic mass is 35.5. The molecule has 8 heteroatoms. The van der Waals surface area contributed by atoms with Crippen LogP contribution in [0, 0.1) is 22.7 Å². The van der Waals surface area contributed by atoms with Crippen molar-refractivity contribution in [2.24, 2.45) is 0 Å². The number of hydrogen-bond donors (Lipinski definition) is 1. The predicted octanol–water partition coefficient (Wildman–Crippen LogP) is 3.62. The van der Waals surface area contributed by atoms with Crippen LogP contribution in [0.25, 0.3) is 11.5 Å². The molecule has 7 nitrogen and oxygen atoms in total. The van der Waals surface area contributed by atoms with Gasteiger partial charge in [-0.1, -0.05) is 11.6 Å². The molecule has 0 spiro atoms. The zero-order valence-corrected chi connectivity index (χ0v) is 16.3. The van der Waals surface area contributed by atoms with Crippen LogP contribution in [0.2, 0.25) is 5.02 Å². The Morgan fingerprint density at radius 3 is 2.55 bits per heavy atom. The van der Waals surface area contributed by atoms with Crippen molar-refractivity contribution in [3.8, 4) is 23.6 Å². The van der Waals surface area contributed by atoms with Gasteiger partial charge in [-0.25, -0.2) is 0 Å². The Balaban J connectivity index is 1.69. The summed E-state index contributed by atoms with van der Waals surface area (Å²) in [7, 11) is 0. The van der Waals surface area contributed by atoms with Crippen molar-refractivity contribution < 1.29 is 9.52 Å². The van der Waals surface area contributed by atoms with E-state index in [4.69, 9.17) is 21.3 Å². The second-order valence-corrected chi connectivity index (χ2v) is 7.18. The summed E-state index contributed by atoms with van der Waals surface area (Å²) >= 11 is 6.37. The maximum Gasteiger partial charge on any atom is 0.247 e. The minimum atomic E-state index is -0.787. The van der Waals surface area contributed by atoms with Crippen molar-refractivity contribution in [2.75, 3.05) is 11.4 Å². The van der Waals surface area contributed by atoms with Gasteiger partial charge in [0.25, 0.3) is 0 Å². The Hall–Kier alpha value is -3.39. The smallest absolute Gasteiger partial charge is 0.247 e. The van der Waals surface area contributed by atoms with E-state index in [-0.39, 0.29) is 5.89 Å². The van der Waals surface area contributed by atoms with E-state index < -0.39 is 12.1 Å². The fraction of sp³-hybridized carbons (Fsp3) is 0.238. The normalized spacial score (nSPS) is 14.7. The summed E-state index contributed by atoms with van der Waals surface area (Å²) in [5.41, 5.74) is 3.39. The Morgan fingerprint density at radius 2 is 1.90 bits per heavy atom. The third kappa shape index (κ3) is 3.31. The Labute approximate surface area is 172 Å². The molecule has 144 valence electrons. The summed E-state index contributed by atoms with van der Waals surface area (Å²) in [6.07, 6.45) is -0.131. The highest BCUT2D eigenvalue weighted by Crippen LogP contribution is 2.41. The van der Waals surface area contributed by atoms with Crippen LogP contribution in [0.5, 0.6) is 0 Å². The number of nitrogens with zero attached hydrogens (tertiary/aromatic N) is 5. The fourth-order valence-corrected chi connectivity index (χ4v) is 3.90. The molecule has 1 N–H and O–H groups in total. The maximum absolute atomic E-state index is 10.5. The summed E-state index contributed by atoms with van der Waals surface area (Å²) in [5.74, 6) is 0.597. The first-order valence-electron chi connectivity index (χ1n) is 9.03. The first-order chi connectivity index (χ1) is 14.0. The van der Waals surface area contributed by atoms with Gasteiger partial charge < -0.3 is 14.4 Å². The summed E-state index contributed by atoms with van der Waals surface area (Å²) < 4.78 is 5.88. The van der Waals surface area contributed by atoms with E-state index in [9.17, 15) is 10.4 Å². The number of fused-ring (bicyclic) bond motifs is 1. The molecule has 2 aromatic carbocycles. The number of anilines is 1. The number of aliphatic hydroxyl groups excluding tert-OH is 1. The van der Waals surface area contributed by atoms with Crippen LogP contribution in [-0.4, -0.2) is 28.0 Å². The maximum atomic E-state index is 10.5. The summed E-state index contributed by atoms with van der Waals surface area (Å²) in [4.78, 5) is 1.98. The van der Waals surface area contributed by atoms with Gasteiger partial charge in [-0.15, -0.1) is 10.2 Å². The zero-order valence-electron chi connectivity index (χ0n) is 15.5. The van der Waals surface area contributed by atoms with Crippen molar-refractivity contribution >= 4 is 17.3 Å². The van der Waals surface area contributed by atoms with Gasteiger partial charge in [0, 0.05) is 17.8 Å². The van der Waals surface area contributed by atoms with Gasteiger partial charge in [-0.05, 0) is 55.3 Å². The predicted molar refractivity (Wildman–Crippen MR) is 106 cm³/mol. The van der Waals surface area contributed by atoms with Crippen LogP contribution >= 0.6 is 11.6 Å². The van der Waals surface area contributed by atoms with Crippen molar-refractivity contribution in [3.05, 3.63) is 64.0 Å². The lowest BCUT2D eigenvalue weighted by Gasteiger charge is -2.29. The molecule has 2 unspecified atom stereocenters. The van der Waals surface area contributed by atoms with E-state index in [1.54, 1.807) is 37.3 Å². The zero-order chi connectivity index (χ0) is 20.5. The van der Waals surface area contributed by atoms with Crippen LogP contribution in [-0.2, 0) is 6.42 Å². The molecule has 0 amide bonds. The average molecular weight is 406 g/mol. The van der Waals surface area contributed by atoms with Crippen molar-refractivity contribution in [1.29, 1.82) is 10.5 Å². The minimum absolute atomic E-state index is 0.285. The lowest BCUT2D eigenvalue weighted by atomic mass is 10.1. The molecule has 0 radical (unpaired) electrons. The molecule has 0 saturated heterocycles. The van der Waals surface area contributed by atoms with E-state index in [2.05, 4.69) is 22.3 Å². The first-order valence-corrected chi connectivity index (χ1v) is 9.41. The molecule has 4 rings (SSSR count). The van der Waals surface area contributed by atoms with Crippen LogP contribution in [0.1, 0.15) is 35.5 Å². The molecular formula is C21H16ClN5O2. The van der Waals surface area contributed by atoms with E-state index in [1.165, 1.54) is 0 Å². The third-order valence-corrected chi connectivity index (χ3v) is 5.43. The van der Waals surface area contributed by atoms with E-state index >= 15 is 0 Å². The molecule has 1 aliphatic heterocycles. The second kappa shape index (κ2) is 7.56. The van der Waals surface area contributed by atoms with Gasteiger partial charge in [-0.3, -0.25) is 0 Å². The number of hydrogen-bond acceptors (Lipinski definition) is 7. The molecule has 2 heterocycles. The lowest BCUT2D eigenvalue weighted by molar-refractivity contribution is 0.146. The molecular weight excluding hydrogens is 390 g/mol. The molecule has 0 bridgehead atoms. The number of aliphatic hydroxyl groups is 1. The van der Waals surface area contributed by atoms with Gasteiger partial charge >= 0.3 is 0 Å². The molecule has 1 aromatic heterocycles. The SMILES string of the molecule is CC(O)C(c1nnc(-c2ccc(C#N)cc2)o1)N1CCc2c1ccc(C#N)c2Cl. The topological polar surface area (TPSA) is 110 Å². The van der Waals surface area contributed by atoms with Crippen molar-refractivity contribution in [3.63, 3.8) is 0 Å². The van der Waals surface area contributed by atoms with Gasteiger partial charge in [-0.2, -0.15) is 10.5 Å². The quantitative estimate of drug-likeness (QED) is 0.705. The number of nitriles is 2. The van der Waals surface area contributed by atoms with E-state index in [0.29, 0.717) is 40.6 Å². The van der Waals surface area contributed by atoms with Gasteiger partial charge in [0.1, 0.15) is 12.1 Å². The Bertz CT molecular complexity index is 1140. The fourth-order valence-electron chi connectivity index (χ4n) is 3.60. The van der Waals surface area contributed by atoms with Crippen LogP contribution in [0.15, 0.2) is 40.8 Å². The van der Waals surface area contributed by atoms with Crippen LogP contribution < -0.4 is 4.90 Å². The number of halogens is 1. The average Bonchev–Trinajstić information content (AvgIpc) is 3.37. The lowest BCUT2D eigenvalue weighted by Crippen LogP contribution is -2.34.